The van der Waals surface area contributed by atoms with Gasteiger partial charge in [0, 0.05) is 23.4 Å². The summed E-state index contributed by atoms with van der Waals surface area (Å²) in [5.41, 5.74) is 4.35. The van der Waals surface area contributed by atoms with Crippen LogP contribution in [0.25, 0.3) is 0 Å². The van der Waals surface area contributed by atoms with Crippen molar-refractivity contribution in [1.29, 1.82) is 0 Å². The Kier molecular flexibility index (Phi) is 5.88. The lowest BCUT2D eigenvalue weighted by Gasteiger charge is -2.26. The largest absolute Gasteiger partial charge is 0.489 e. The number of aromatic nitrogens is 2. The van der Waals surface area contributed by atoms with Crippen molar-refractivity contribution in [1.82, 2.24) is 9.97 Å². The second kappa shape index (κ2) is 8.21. The lowest BCUT2D eigenvalue weighted by atomic mass is 9.78. The summed E-state index contributed by atoms with van der Waals surface area (Å²) >= 11 is 0. The number of nitrogens with one attached hydrogen (secondary N) is 1. The Morgan fingerprint density at radius 2 is 1.45 bits per heavy atom. The average Bonchev–Trinajstić information content (AvgIpc) is 2.67. The minimum absolute atomic E-state index is 0.0407. The lowest BCUT2D eigenvalue weighted by molar-refractivity contribution is 0.305. The maximum Gasteiger partial charge on any atom is 0.236 e. The summed E-state index contributed by atoms with van der Waals surface area (Å²) in [6, 6.07) is 16.7. The summed E-state index contributed by atoms with van der Waals surface area (Å²) in [7, 11) is -3.39. The third-order valence-corrected chi connectivity index (χ3v) is 5.29. The molecule has 0 aliphatic rings. The highest BCUT2D eigenvalue weighted by Gasteiger charge is 2.22. The minimum atomic E-state index is -3.39. The summed E-state index contributed by atoms with van der Waals surface area (Å²) in [5.74, 6) is 0.783. The molecule has 0 saturated heterocycles. The van der Waals surface area contributed by atoms with E-state index in [0.717, 1.165) is 17.6 Å². The molecule has 0 amide bonds. The van der Waals surface area contributed by atoms with Crippen LogP contribution in [-0.4, -0.2) is 24.6 Å². The van der Waals surface area contributed by atoms with Gasteiger partial charge in [-0.3, -0.25) is 4.72 Å². The molecule has 0 radical (unpaired) electrons. The van der Waals surface area contributed by atoms with Gasteiger partial charge in [0.15, 0.2) is 0 Å². The van der Waals surface area contributed by atoms with Crippen LogP contribution in [0.4, 0.5) is 5.95 Å². The van der Waals surface area contributed by atoms with Crippen molar-refractivity contribution in [3.05, 3.63) is 83.2 Å². The fourth-order valence-corrected chi connectivity index (χ4v) is 3.36. The van der Waals surface area contributed by atoms with Crippen LogP contribution in [-0.2, 0) is 22.0 Å². The Morgan fingerprint density at radius 1 is 0.931 bits per heavy atom. The van der Waals surface area contributed by atoms with Crippen LogP contribution < -0.4 is 9.46 Å². The van der Waals surface area contributed by atoms with E-state index in [1.165, 1.54) is 29.1 Å². The smallest absolute Gasteiger partial charge is 0.236 e. The summed E-state index contributed by atoms with van der Waals surface area (Å²) < 4.78 is 30.4. The molecule has 0 fully saturated rings. The molecule has 0 aliphatic heterocycles. The zero-order valence-electron chi connectivity index (χ0n) is 17.0. The highest BCUT2D eigenvalue weighted by molar-refractivity contribution is 7.91. The molecule has 0 spiro atoms. The molecule has 1 N–H and O–H groups in total. The first kappa shape index (κ1) is 20.8. The predicted molar refractivity (Wildman–Crippen MR) is 115 cm³/mol. The standard InChI is InChI=1S/C22H25N3O3S/c1-16-5-7-18(8-6-16)22(2,3)19-9-11-20(12-10-19)28-15-17-13-23-21(24-14-17)25-29(4,26)27/h5-14H,15H2,1-4H3,(H,23,24,25). The van der Waals surface area contributed by atoms with E-state index in [-0.39, 0.29) is 11.4 Å². The Morgan fingerprint density at radius 3 is 1.97 bits per heavy atom. The Hall–Kier alpha value is -2.93. The first-order chi connectivity index (χ1) is 13.6. The number of benzene rings is 2. The highest BCUT2D eigenvalue weighted by Crippen LogP contribution is 2.32. The lowest BCUT2D eigenvalue weighted by Crippen LogP contribution is -2.18. The molecular formula is C22H25N3O3S. The molecule has 0 unspecified atom stereocenters. The molecule has 7 heteroatoms. The van der Waals surface area contributed by atoms with E-state index in [9.17, 15) is 8.42 Å². The van der Waals surface area contributed by atoms with Crippen LogP contribution in [0.5, 0.6) is 5.75 Å². The van der Waals surface area contributed by atoms with Crippen LogP contribution in [0.3, 0.4) is 0 Å². The van der Waals surface area contributed by atoms with E-state index in [0.29, 0.717) is 6.61 Å². The van der Waals surface area contributed by atoms with Crippen molar-refractivity contribution in [2.75, 3.05) is 11.0 Å². The zero-order valence-corrected chi connectivity index (χ0v) is 17.8. The fourth-order valence-electron chi connectivity index (χ4n) is 2.92. The molecule has 3 rings (SSSR count). The maximum absolute atomic E-state index is 11.2. The van der Waals surface area contributed by atoms with Crippen molar-refractivity contribution < 1.29 is 13.2 Å². The van der Waals surface area contributed by atoms with Gasteiger partial charge in [0.2, 0.25) is 16.0 Å². The molecule has 1 aromatic heterocycles. The Balaban J connectivity index is 1.64. The number of sulfonamides is 1. The summed E-state index contributed by atoms with van der Waals surface area (Å²) in [6.45, 7) is 6.79. The normalized spacial score (nSPS) is 11.9. The van der Waals surface area contributed by atoms with Gasteiger partial charge in [-0.05, 0) is 30.2 Å². The summed E-state index contributed by atoms with van der Waals surface area (Å²) in [4.78, 5) is 7.96. The highest BCUT2D eigenvalue weighted by atomic mass is 32.2. The predicted octanol–water partition coefficient (Wildman–Crippen LogP) is 4.06. The van der Waals surface area contributed by atoms with Gasteiger partial charge in [0.25, 0.3) is 0 Å². The van der Waals surface area contributed by atoms with E-state index in [4.69, 9.17) is 4.74 Å². The molecule has 3 aromatic rings. The Bertz CT molecular complexity index is 1060. The minimum Gasteiger partial charge on any atom is -0.489 e. The van der Waals surface area contributed by atoms with Gasteiger partial charge >= 0.3 is 0 Å². The van der Waals surface area contributed by atoms with E-state index in [2.05, 4.69) is 71.9 Å². The van der Waals surface area contributed by atoms with Gasteiger partial charge in [0.1, 0.15) is 12.4 Å². The molecule has 2 aromatic carbocycles. The molecule has 0 aliphatic carbocycles. The van der Waals surface area contributed by atoms with E-state index < -0.39 is 10.0 Å². The molecule has 1 heterocycles. The van der Waals surface area contributed by atoms with Crippen molar-refractivity contribution >= 4 is 16.0 Å². The molecule has 0 bridgehead atoms. The second-order valence-electron chi connectivity index (χ2n) is 7.59. The third-order valence-electron chi connectivity index (χ3n) is 4.74. The van der Waals surface area contributed by atoms with Crippen molar-refractivity contribution in [3.8, 4) is 5.75 Å². The van der Waals surface area contributed by atoms with Crippen LogP contribution >= 0.6 is 0 Å². The first-order valence-electron chi connectivity index (χ1n) is 9.23. The Labute approximate surface area is 172 Å². The maximum atomic E-state index is 11.2. The van der Waals surface area contributed by atoms with Crippen LogP contribution in [0.1, 0.15) is 36.1 Å². The monoisotopic (exact) mass is 411 g/mol. The number of anilines is 1. The molecule has 152 valence electrons. The number of hydrogen-bond acceptors (Lipinski definition) is 5. The summed E-state index contributed by atoms with van der Waals surface area (Å²) in [6.07, 6.45) is 4.13. The average molecular weight is 412 g/mol. The number of aryl methyl sites for hydroxylation is 1. The van der Waals surface area contributed by atoms with Crippen molar-refractivity contribution in [3.63, 3.8) is 0 Å². The topological polar surface area (TPSA) is 81.2 Å². The number of nitrogens with zero attached hydrogens (tertiary/aromatic N) is 2. The molecule has 0 saturated carbocycles. The van der Waals surface area contributed by atoms with Crippen LogP contribution in [0, 0.1) is 6.92 Å². The summed E-state index contributed by atoms with van der Waals surface area (Å²) in [5, 5.41) is 0. The number of ether oxygens (including phenoxy) is 1. The molecule has 6 nitrogen and oxygen atoms in total. The third kappa shape index (κ3) is 5.54. The van der Waals surface area contributed by atoms with E-state index in [1.54, 1.807) is 0 Å². The molecular weight excluding hydrogens is 386 g/mol. The van der Waals surface area contributed by atoms with Crippen LogP contribution in [0.15, 0.2) is 60.9 Å². The van der Waals surface area contributed by atoms with Gasteiger partial charge in [-0.1, -0.05) is 55.8 Å². The van der Waals surface area contributed by atoms with Gasteiger partial charge in [-0.25, -0.2) is 18.4 Å². The van der Waals surface area contributed by atoms with Crippen LogP contribution in [0.2, 0.25) is 0 Å². The first-order valence-corrected chi connectivity index (χ1v) is 11.1. The van der Waals surface area contributed by atoms with Crippen molar-refractivity contribution in [2.24, 2.45) is 0 Å². The SMILES string of the molecule is Cc1ccc(C(C)(C)c2ccc(OCc3cnc(NS(C)(=O)=O)nc3)cc2)cc1. The molecule has 0 atom stereocenters. The van der Waals surface area contributed by atoms with Gasteiger partial charge in [-0.2, -0.15) is 0 Å². The van der Waals surface area contributed by atoms with Gasteiger partial charge in [-0.15, -0.1) is 0 Å². The number of rotatable bonds is 7. The number of hydrogen-bond donors (Lipinski definition) is 1. The van der Waals surface area contributed by atoms with Gasteiger partial charge < -0.3 is 4.74 Å². The van der Waals surface area contributed by atoms with E-state index >= 15 is 0 Å². The van der Waals surface area contributed by atoms with E-state index in [1.807, 2.05) is 12.1 Å². The van der Waals surface area contributed by atoms with Gasteiger partial charge in [0.05, 0.1) is 6.26 Å². The van der Waals surface area contributed by atoms with Crippen molar-refractivity contribution in [2.45, 2.75) is 32.8 Å². The zero-order chi connectivity index (χ0) is 21.1. The second-order valence-corrected chi connectivity index (χ2v) is 9.34. The molecule has 29 heavy (non-hydrogen) atoms. The fraction of sp³-hybridized carbons (Fsp3) is 0.273. The quantitative estimate of drug-likeness (QED) is 0.634.